The molecule has 0 saturated heterocycles. The number of nitro benzene ring substituents is 1. The van der Waals surface area contributed by atoms with Crippen LogP contribution in [0, 0.1) is 35.4 Å². The van der Waals surface area contributed by atoms with Gasteiger partial charge >= 0.3 is 0 Å². The lowest BCUT2D eigenvalue weighted by Crippen LogP contribution is -1.96. The van der Waals surface area contributed by atoms with Crippen molar-refractivity contribution in [2.24, 2.45) is 0 Å². The van der Waals surface area contributed by atoms with Crippen LogP contribution in [0.3, 0.4) is 0 Å². The van der Waals surface area contributed by atoms with E-state index in [-0.39, 0.29) is 5.69 Å². The van der Waals surface area contributed by atoms with Crippen molar-refractivity contribution in [3.63, 3.8) is 0 Å². The Morgan fingerprint density at radius 3 is 2.57 bits per heavy atom. The highest BCUT2D eigenvalue weighted by Crippen LogP contribution is 2.25. The highest BCUT2D eigenvalue weighted by molar-refractivity contribution is 5.60. The maximum absolute atomic E-state index is 10.6. The van der Waals surface area contributed by atoms with Crippen molar-refractivity contribution < 1.29 is 4.92 Å². The maximum atomic E-state index is 10.6. The zero-order valence-corrected chi connectivity index (χ0v) is 7.87. The van der Waals surface area contributed by atoms with Crippen LogP contribution in [0.4, 0.5) is 11.4 Å². The molecule has 1 rings (SSSR count). The van der Waals surface area contributed by atoms with Crippen LogP contribution >= 0.6 is 0 Å². The van der Waals surface area contributed by atoms with Crippen LogP contribution in [0.25, 0.3) is 0 Å². The molecule has 0 unspecified atom stereocenters. The van der Waals surface area contributed by atoms with Crippen LogP contribution in [0.15, 0.2) is 12.1 Å². The quantitative estimate of drug-likeness (QED) is 0.336. The Morgan fingerprint density at radius 1 is 1.43 bits per heavy atom. The van der Waals surface area contributed by atoms with E-state index in [0.717, 1.165) is 0 Å². The fraction of sp³-hybridized carbons (Fsp3) is 0.222. The van der Waals surface area contributed by atoms with Gasteiger partial charge in [0.1, 0.15) is 0 Å². The lowest BCUT2D eigenvalue weighted by molar-refractivity contribution is -0.385. The molecular weight excluding hydrogens is 182 g/mol. The molecule has 0 saturated carbocycles. The first-order valence-corrected chi connectivity index (χ1v) is 3.97. The smallest absolute Gasteiger partial charge is 0.272 e. The summed E-state index contributed by atoms with van der Waals surface area (Å²) in [6.07, 6.45) is 1.78. The fourth-order valence-electron chi connectivity index (χ4n) is 1.19. The zero-order valence-electron chi connectivity index (χ0n) is 7.87. The molecule has 0 spiro atoms. The molecule has 0 aliphatic rings. The maximum Gasteiger partial charge on any atom is 0.272 e. The molecule has 0 bridgehead atoms. The Labute approximate surface area is 81.1 Å². The van der Waals surface area contributed by atoms with Gasteiger partial charge in [0.2, 0.25) is 0 Å². The summed E-state index contributed by atoms with van der Waals surface area (Å²) in [5.74, 6) is 0. The summed E-state index contributed by atoms with van der Waals surface area (Å²) in [5, 5.41) is 21.4. The molecule has 14 heavy (non-hydrogen) atoms. The minimum absolute atomic E-state index is 0.0750. The number of nitro groups is 1. The molecule has 0 fully saturated rings. The Bertz CT molecular complexity index is 421. The summed E-state index contributed by atoms with van der Waals surface area (Å²) < 4.78 is 0. The molecule has 5 heteroatoms. The number of anilines is 1. The van der Waals surface area contributed by atoms with E-state index in [4.69, 9.17) is 5.26 Å². The number of nitriles is 1. The van der Waals surface area contributed by atoms with Crippen LogP contribution in [-0.4, -0.2) is 4.92 Å². The predicted octanol–water partition coefficient (Wildman–Crippen LogP) is 2.10. The largest absolute Gasteiger partial charge is 0.293 e. The van der Waals surface area contributed by atoms with Gasteiger partial charge in [0.05, 0.1) is 10.6 Å². The van der Waals surface area contributed by atoms with E-state index >= 15 is 0 Å². The number of benzene rings is 1. The molecule has 1 aromatic rings. The molecule has 5 nitrogen and oxygen atoms in total. The SMILES string of the molecule is Cc1cc([N+](=O)[O-])c(C)cc1NC#N. The first-order valence-electron chi connectivity index (χ1n) is 3.97. The van der Waals surface area contributed by atoms with Crippen molar-refractivity contribution in [1.82, 2.24) is 0 Å². The van der Waals surface area contributed by atoms with Gasteiger partial charge in [-0.2, -0.15) is 5.26 Å². The summed E-state index contributed by atoms with van der Waals surface area (Å²) in [5.41, 5.74) is 1.91. The number of hydrogen-bond donors (Lipinski definition) is 1. The molecule has 0 aliphatic carbocycles. The average molecular weight is 191 g/mol. The third-order valence-electron chi connectivity index (χ3n) is 1.93. The van der Waals surface area contributed by atoms with Gasteiger partial charge in [-0.3, -0.25) is 15.4 Å². The van der Waals surface area contributed by atoms with Crippen LogP contribution < -0.4 is 5.32 Å². The van der Waals surface area contributed by atoms with Crippen molar-refractivity contribution in [1.29, 1.82) is 5.26 Å². The summed E-state index contributed by atoms with van der Waals surface area (Å²) in [4.78, 5) is 10.1. The monoisotopic (exact) mass is 191 g/mol. The Balaban J connectivity index is 3.25. The lowest BCUT2D eigenvalue weighted by atomic mass is 10.1. The van der Waals surface area contributed by atoms with Gasteiger partial charge in [0, 0.05) is 11.6 Å². The number of nitrogens with zero attached hydrogens (tertiary/aromatic N) is 2. The number of aryl methyl sites for hydroxylation is 2. The van der Waals surface area contributed by atoms with Crippen LogP contribution in [0.1, 0.15) is 11.1 Å². The van der Waals surface area contributed by atoms with E-state index in [2.05, 4.69) is 5.32 Å². The van der Waals surface area contributed by atoms with E-state index in [1.165, 1.54) is 6.07 Å². The highest BCUT2D eigenvalue weighted by Gasteiger charge is 2.12. The summed E-state index contributed by atoms with van der Waals surface area (Å²) in [7, 11) is 0. The van der Waals surface area contributed by atoms with Gasteiger partial charge < -0.3 is 0 Å². The first kappa shape index (κ1) is 9.99. The summed E-state index contributed by atoms with van der Waals surface area (Å²) in [6, 6.07) is 3.05. The third-order valence-corrected chi connectivity index (χ3v) is 1.93. The van der Waals surface area contributed by atoms with Gasteiger partial charge in [-0.15, -0.1) is 0 Å². The Morgan fingerprint density at radius 2 is 2.07 bits per heavy atom. The minimum Gasteiger partial charge on any atom is -0.293 e. The van der Waals surface area contributed by atoms with Crippen molar-refractivity contribution in [2.75, 3.05) is 5.32 Å². The van der Waals surface area contributed by atoms with Gasteiger partial charge in [0.15, 0.2) is 6.19 Å². The molecule has 0 aromatic heterocycles. The number of rotatable bonds is 2. The zero-order chi connectivity index (χ0) is 10.7. The standard InChI is InChI=1S/C9H9N3O2/c1-6-4-9(12(13)14)7(2)3-8(6)11-5-10/h3-4,11H,1-2H3. The predicted molar refractivity (Wildman–Crippen MR) is 51.8 cm³/mol. The van der Waals surface area contributed by atoms with Crippen molar-refractivity contribution >= 4 is 11.4 Å². The molecule has 0 atom stereocenters. The normalized spacial score (nSPS) is 9.21. The summed E-state index contributed by atoms with van der Waals surface area (Å²) >= 11 is 0. The van der Waals surface area contributed by atoms with Gasteiger partial charge in [-0.25, -0.2) is 0 Å². The average Bonchev–Trinajstić information content (AvgIpc) is 2.10. The fourth-order valence-corrected chi connectivity index (χ4v) is 1.19. The Hall–Kier alpha value is -2.09. The van der Waals surface area contributed by atoms with Crippen LogP contribution in [0.2, 0.25) is 0 Å². The highest BCUT2D eigenvalue weighted by atomic mass is 16.6. The second-order valence-corrected chi connectivity index (χ2v) is 2.95. The van der Waals surface area contributed by atoms with E-state index in [0.29, 0.717) is 16.8 Å². The van der Waals surface area contributed by atoms with Crippen molar-refractivity contribution in [2.45, 2.75) is 13.8 Å². The minimum atomic E-state index is -0.432. The van der Waals surface area contributed by atoms with Crippen LogP contribution in [-0.2, 0) is 0 Å². The van der Waals surface area contributed by atoms with E-state index in [1.54, 1.807) is 26.1 Å². The second-order valence-electron chi connectivity index (χ2n) is 2.95. The molecule has 0 amide bonds. The van der Waals surface area contributed by atoms with Gasteiger partial charge in [-0.05, 0) is 25.5 Å². The van der Waals surface area contributed by atoms with E-state index < -0.39 is 4.92 Å². The lowest BCUT2D eigenvalue weighted by Gasteiger charge is -2.04. The number of hydrogen-bond acceptors (Lipinski definition) is 4. The van der Waals surface area contributed by atoms with Crippen molar-refractivity contribution in [3.05, 3.63) is 33.4 Å². The van der Waals surface area contributed by atoms with Gasteiger partial charge in [0.25, 0.3) is 5.69 Å². The van der Waals surface area contributed by atoms with Crippen molar-refractivity contribution in [3.8, 4) is 6.19 Å². The molecule has 1 N–H and O–H groups in total. The molecular formula is C9H9N3O2. The first-order chi connectivity index (χ1) is 6.56. The third kappa shape index (κ3) is 1.80. The summed E-state index contributed by atoms with van der Waals surface area (Å²) in [6.45, 7) is 3.35. The molecule has 72 valence electrons. The molecule has 0 radical (unpaired) electrons. The molecule has 1 aromatic carbocycles. The molecule has 0 aliphatic heterocycles. The second kappa shape index (κ2) is 3.75. The van der Waals surface area contributed by atoms with Crippen LogP contribution in [0.5, 0.6) is 0 Å². The Kier molecular flexibility index (Phi) is 2.67. The van der Waals surface area contributed by atoms with Gasteiger partial charge in [-0.1, -0.05) is 0 Å². The van der Waals surface area contributed by atoms with E-state index in [9.17, 15) is 10.1 Å². The number of nitrogens with one attached hydrogen (secondary N) is 1. The van der Waals surface area contributed by atoms with E-state index in [1.807, 2.05) is 0 Å². The molecule has 0 heterocycles. The topological polar surface area (TPSA) is 79.0 Å².